The first kappa shape index (κ1) is 23.1. The minimum atomic E-state index is -1.01. The maximum atomic E-state index is 12.5. The fraction of sp³-hybridized carbons (Fsp3) is 0.474. The summed E-state index contributed by atoms with van der Waals surface area (Å²) in [6.07, 6.45) is 0.218. The molecule has 0 aliphatic rings. The molecule has 0 bridgehead atoms. The van der Waals surface area contributed by atoms with Crippen LogP contribution in [0.2, 0.25) is 5.02 Å². The summed E-state index contributed by atoms with van der Waals surface area (Å²) in [6.45, 7) is 3.88. The van der Waals surface area contributed by atoms with E-state index in [-0.39, 0.29) is 12.3 Å². The van der Waals surface area contributed by atoms with E-state index in [2.05, 4.69) is 15.6 Å². The summed E-state index contributed by atoms with van der Waals surface area (Å²) in [5.74, 6) is -1.41. The van der Waals surface area contributed by atoms with Crippen molar-refractivity contribution in [3.05, 3.63) is 23.2 Å². The third-order valence-electron chi connectivity index (χ3n) is 4.07. The molecule has 0 saturated carbocycles. The molecule has 2 aromatic rings. The monoisotopic (exact) mass is 441 g/mol. The van der Waals surface area contributed by atoms with E-state index in [1.54, 1.807) is 18.2 Å². The topological polar surface area (TPSA) is 107 Å². The Morgan fingerprint density at radius 3 is 2.41 bits per heavy atom. The number of carbonyl (C=O) groups is 3. The van der Waals surface area contributed by atoms with Crippen LogP contribution >= 0.6 is 22.9 Å². The van der Waals surface area contributed by atoms with Crippen molar-refractivity contribution >= 4 is 56.1 Å². The highest BCUT2D eigenvalue weighted by molar-refractivity contribution is 7.22. The van der Waals surface area contributed by atoms with Gasteiger partial charge in [0.05, 0.1) is 30.9 Å². The van der Waals surface area contributed by atoms with Crippen LogP contribution in [0, 0.1) is 5.92 Å². The van der Waals surface area contributed by atoms with Crippen LogP contribution < -0.4 is 10.6 Å². The van der Waals surface area contributed by atoms with Crippen LogP contribution in [0.25, 0.3) is 10.2 Å². The van der Waals surface area contributed by atoms with E-state index in [9.17, 15) is 14.4 Å². The fourth-order valence-corrected chi connectivity index (χ4v) is 3.91. The molecule has 1 amide bonds. The van der Waals surface area contributed by atoms with Gasteiger partial charge in [-0.1, -0.05) is 36.8 Å². The number of methoxy groups -OCH3 is 2. The third-order valence-corrected chi connectivity index (χ3v) is 5.24. The molecule has 29 heavy (non-hydrogen) atoms. The number of carbonyl (C=O) groups excluding carboxylic acids is 3. The zero-order valence-corrected chi connectivity index (χ0v) is 18.2. The van der Waals surface area contributed by atoms with Crippen molar-refractivity contribution in [3.63, 3.8) is 0 Å². The van der Waals surface area contributed by atoms with Crippen molar-refractivity contribution in [2.24, 2.45) is 5.92 Å². The molecular weight excluding hydrogens is 418 g/mol. The minimum absolute atomic E-state index is 0.174. The van der Waals surface area contributed by atoms with Gasteiger partial charge in [0, 0.05) is 5.02 Å². The third kappa shape index (κ3) is 6.66. The van der Waals surface area contributed by atoms with Crippen molar-refractivity contribution in [2.75, 3.05) is 19.5 Å². The summed E-state index contributed by atoms with van der Waals surface area (Å²) in [7, 11) is 2.50. The molecule has 10 heteroatoms. The van der Waals surface area contributed by atoms with Gasteiger partial charge >= 0.3 is 11.9 Å². The molecule has 2 atom stereocenters. The Balaban J connectivity index is 2.10. The second-order valence-corrected chi connectivity index (χ2v) is 8.30. The largest absolute Gasteiger partial charge is 0.468 e. The molecular formula is C19H24ClN3O5S. The Kier molecular flexibility index (Phi) is 8.36. The highest BCUT2D eigenvalue weighted by atomic mass is 35.5. The maximum Gasteiger partial charge on any atom is 0.323 e. The van der Waals surface area contributed by atoms with Gasteiger partial charge in [-0.25, -0.2) is 4.98 Å². The molecule has 0 radical (unpaired) electrons. The number of nitrogens with one attached hydrogen (secondary N) is 2. The van der Waals surface area contributed by atoms with Crippen molar-refractivity contribution in [1.29, 1.82) is 0 Å². The molecule has 0 aliphatic heterocycles. The van der Waals surface area contributed by atoms with Crippen LogP contribution in [0.4, 0.5) is 5.13 Å². The van der Waals surface area contributed by atoms with E-state index < -0.39 is 29.9 Å². The lowest BCUT2D eigenvalue weighted by atomic mass is 10.0. The number of thiazole rings is 1. The van der Waals surface area contributed by atoms with Gasteiger partial charge in [-0.3, -0.25) is 19.7 Å². The van der Waals surface area contributed by atoms with Gasteiger partial charge < -0.3 is 14.8 Å². The molecule has 0 fully saturated rings. The Bertz CT molecular complexity index is 886. The number of nitrogens with zero attached hydrogens (tertiary/aromatic N) is 1. The minimum Gasteiger partial charge on any atom is -0.468 e. The highest BCUT2D eigenvalue weighted by Crippen LogP contribution is 2.28. The predicted octanol–water partition coefficient (Wildman–Crippen LogP) is 3.00. The molecule has 0 unspecified atom stereocenters. The van der Waals surface area contributed by atoms with E-state index in [0.717, 1.165) is 4.70 Å². The van der Waals surface area contributed by atoms with Crippen molar-refractivity contribution < 1.29 is 23.9 Å². The van der Waals surface area contributed by atoms with E-state index >= 15 is 0 Å². The standard InChI is InChI=1S/C19H24ClN3O5S/c1-10(2)7-13(17(25)27-3)21-14(18(26)28-4)9-16(24)23-19-22-12-6-5-11(20)8-15(12)29-19/h5-6,8,10,13-14,21H,7,9H2,1-4H3,(H,22,23,24)/t13-,14-/m0/s1. The first-order valence-corrected chi connectivity index (χ1v) is 10.2. The van der Waals surface area contributed by atoms with Crippen LogP contribution in [0.3, 0.4) is 0 Å². The van der Waals surface area contributed by atoms with Gasteiger partial charge in [0.15, 0.2) is 5.13 Å². The molecule has 0 aliphatic carbocycles. The number of halogens is 1. The molecule has 0 saturated heterocycles. The summed E-state index contributed by atoms with van der Waals surface area (Å²) >= 11 is 7.24. The first-order valence-electron chi connectivity index (χ1n) is 9.01. The summed E-state index contributed by atoms with van der Waals surface area (Å²) in [6, 6.07) is 3.49. The fourth-order valence-electron chi connectivity index (χ4n) is 2.75. The van der Waals surface area contributed by atoms with Crippen LogP contribution in [0.5, 0.6) is 0 Å². The number of aromatic nitrogens is 1. The SMILES string of the molecule is COC(=O)[C@H](CC(=O)Nc1nc2ccc(Cl)cc2s1)N[C@@H](CC(C)C)C(=O)OC. The summed E-state index contributed by atoms with van der Waals surface area (Å²) in [5, 5.41) is 6.54. The van der Waals surface area contributed by atoms with Crippen LogP contribution in [-0.4, -0.2) is 49.1 Å². The average Bonchev–Trinajstić information content (AvgIpc) is 3.06. The second-order valence-electron chi connectivity index (χ2n) is 6.83. The molecule has 1 heterocycles. The predicted molar refractivity (Wildman–Crippen MR) is 112 cm³/mol. The number of hydrogen-bond acceptors (Lipinski definition) is 8. The van der Waals surface area contributed by atoms with Gasteiger partial charge in [-0.05, 0) is 30.5 Å². The molecule has 1 aromatic heterocycles. The Morgan fingerprint density at radius 1 is 1.14 bits per heavy atom. The van der Waals surface area contributed by atoms with E-state index in [0.29, 0.717) is 22.1 Å². The van der Waals surface area contributed by atoms with Crippen LogP contribution in [0.15, 0.2) is 18.2 Å². The van der Waals surface area contributed by atoms with E-state index in [1.165, 1.54) is 25.6 Å². The quantitative estimate of drug-likeness (QED) is 0.576. The molecule has 1 aromatic carbocycles. The second kappa shape index (κ2) is 10.5. The van der Waals surface area contributed by atoms with Crippen molar-refractivity contribution in [1.82, 2.24) is 10.3 Å². The smallest absolute Gasteiger partial charge is 0.323 e. The number of fused-ring (bicyclic) bond motifs is 1. The Hall–Kier alpha value is -2.23. The zero-order valence-electron chi connectivity index (χ0n) is 16.7. The van der Waals surface area contributed by atoms with Crippen molar-refractivity contribution in [2.45, 2.75) is 38.8 Å². The molecule has 2 N–H and O–H groups in total. The zero-order chi connectivity index (χ0) is 21.6. The summed E-state index contributed by atoms with van der Waals surface area (Å²) in [5.41, 5.74) is 0.708. The maximum absolute atomic E-state index is 12.5. The molecule has 2 rings (SSSR count). The van der Waals surface area contributed by atoms with Crippen molar-refractivity contribution in [3.8, 4) is 0 Å². The van der Waals surface area contributed by atoms with Gasteiger partial charge in [0.2, 0.25) is 5.91 Å². The number of benzene rings is 1. The number of anilines is 1. The lowest BCUT2D eigenvalue weighted by molar-refractivity contribution is -0.147. The molecule has 158 valence electrons. The van der Waals surface area contributed by atoms with E-state index in [1.807, 2.05) is 13.8 Å². The first-order chi connectivity index (χ1) is 13.7. The summed E-state index contributed by atoms with van der Waals surface area (Å²) in [4.78, 5) is 41.0. The van der Waals surface area contributed by atoms with Gasteiger partial charge in [-0.15, -0.1) is 0 Å². The van der Waals surface area contributed by atoms with Gasteiger partial charge in [-0.2, -0.15) is 0 Å². The lowest BCUT2D eigenvalue weighted by Crippen LogP contribution is -2.49. The van der Waals surface area contributed by atoms with Crippen LogP contribution in [0.1, 0.15) is 26.7 Å². The lowest BCUT2D eigenvalue weighted by Gasteiger charge is -2.23. The number of esters is 2. The normalized spacial score (nSPS) is 13.2. The van der Waals surface area contributed by atoms with E-state index in [4.69, 9.17) is 21.1 Å². The number of hydrogen-bond donors (Lipinski definition) is 2. The average molecular weight is 442 g/mol. The highest BCUT2D eigenvalue weighted by Gasteiger charge is 2.30. The van der Waals surface area contributed by atoms with Gasteiger partial charge in [0.25, 0.3) is 0 Å². The molecule has 0 spiro atoms. The number of ether oxygens (including phenoxy) is 2. The number of amides is 1. The Morgan fingerprint density at radius 2 is 1.79 bits per heavy atom. The number of rotatable bonds is 9. The van der Waals surface area contributed by atoms with Crippen LogP contribution in [-0.2, 0) is 23.9 Å². The van der Waals surface area contributed by atoms with Gasteiger partial charge in [0.1, 0.15) is 12.1 Å². The molecule has 8 nitrogen and oxygen atoms in total. The Labute approximate surface area is 177 Å². The summed E-state index contributed by atoms with van der Waals surface area (Å²) < 4.78 is 10.4.